The molecule has 0 fully saturated rings. The molecule has 0 aliphatic carbocycles. The summed E-state index contributed by atoms with van der Waals surface area (Å²) >= 11 is 1.73. The van der Waals surface area contributed by atoms with Gasteiger partial charge in [0.15, 0.2) is 0 Å². The van der Waals surface area contributed by atoms with Crippen LogP contribution in [0.2, 0.25) is 0 Å². The summed E-state index contributed by atoms with van der Waals surface area (Å²) in [6.45, 7) is 8.33. The molecule has 0 saturated heterocycles. The van der Waals surface area contributed by atoms with Gasteiger partial charge in [0.1, 0.15) is 0 Å². The molecular formula is C10H19N3S. The van der Waals surface area contributed by atoms with E-state index in [1.165, 1.54) is 9.88 Å². The van der Waals surface area contributed by atoms with Crippen LogP contribution in [0, 0.1) is 0 Å². The maximum Gasteiger partial charge on any atom is 0.0940 e. The van der Waals surface area contributed by atoms with Gasteiger partial charge in [-0.25, -0.2) is 4.98 Å². The summed E-state index contributed by atoms with van der Waals surface area (Å²) in [6, 6.07) is 0. The van der Waals surface area contributed by atoms with E-state index in [9.17, 15) is 0 Å². The molecule has 1 rings (SSSR count). The lowest BCUT2D eigenvalue weighted by atomic mass is 10.4. The standard InChI is InChI=1S/C10H19N3S/c1-3-13(4-2)6-5-10-12-8-9(7-11)14-10/h8H,3-7,11H2,1-2H3. The van der Waals surface area contributed by atoms with E-state index in [2.05, 4.69) is 23.7 Å². The maximum absolute atomic E-state index is 5.53. The van der Waals surface area contributed by atoms with Crippen LogP contribution in [-0.4, -0.2) is 29.5 Å². The SMILES string of the molecule is CCN(CC)CCc1ncc(CN)s1. The van der Waals surface area contributed by atoms with Crippen molar-refractivity contribution in [1.29, 1.82) is 0 Å². The molecule has 1 aromatic rings. The first-order valence-corrected chi connectivity index (χ1v) is 5.97. The van der Waals surface area contributed by atoms with Crippen LogP contribution in [0.5, 0.6) is 0 Å². The minimum absolute atomic E-state index is 0.614. The van der Waals surface area contributed by atoms with Gasteiger partial charge in [0, 0.05) is 30.6 Å². The summed E-state index contributed by atoms with van der Waals surface area (Å²) in [5, 5.41) is 1.21. The molecule has 0 unspecified atom stereocenters. The third-order valence-electron chi connectivity index (χ3n) is 2.34. The Morgan fingerprint density at radius 3 is 2.64 bits per heavy atom. The summed E-state index contributed by atoms with van der Waals surface area (Å²) in [6.07, 6.45) is 2.94. The third-order valence-corrected chi connectivity index (χ3v) is 3.42. The van der Waals surface area contributed by atoms with Crippen molar-refractivity contribution in [2.24, 2.45) is 5.73 Å². The molecule has 4 heteroatoms. The van der Waals surface area contributed by atoms with Gasteiger partial charge < -0.3 is 10.6 Å². The molecule has 3 nitrogen and oxygen atoms in total. The number of aromatic nitrogens is 1. The molecule has 0 aliphatic rings. The Bertz CT molecular complexity index is 256. The lowest BCUT2D eigenvalue weighted by Gasteiger charge is -2.16. The van der Waals surface area contributed by atoms with Crippen molar-refractivity contribution in [3.8, 4) is 0 Å². The normalized spacial score (nSPS) is 11.1. The van der Waals surface area contributed by atoms with Crippen LogP contribution >= 0.6 is 11.3 Å². The van der Waals surface area contributed by atoms with Crippen molar-refractivity contribution in [2.75, 3.05) is 19.6 Å². The van der Waals surface area contributed by atoms with Gasteiger partial charge in [0.2, 0.25) is 0 Å². The summed E-state index contributed by atoms with van der Waals surface area (Å²) in [4.78, 5) is 7.93. The minimum atomic E-state index is 0.614. The van der Waals surface area contributed by atoms with Crippen molar-refractivity contribution in [1.82, 2.24) is 9.88 Å². The van der Waals surface area contributed by atoms with E-state index < -0.39 is 0 Å². The summed E-state index contributed by atoms with van der Waals surface area (Å²) in [5.41, 5.74) is 5.53. The molecule has 80 valence electrons. The highest BCUT2D eigenvalue weighted by Crippen LogP contribution is 2.12. The largest absolute Gasteiger partial charge is 0.326 e. The van der Waals surface area contributed by atoms with Gasteiger partial charge in [0.05, 0.1) is 5.01 Å². The molecule has 0 amide bonds. The van der Waals surface area contributed by atoms with Crippen LogP contribution in [0.25, 0.3) is 0 Å². The Morgan fingerprint density at radius 1 is 1.43 bits per heavy atom. The van der Waals surface area contributed by atoms with Crippen molar-refractivity contribution in [3.63, 3.8) is 0 Å². The third kappa shape index (κ3) is 3.36. The lowest BCUT2D eigenvalue weighted by molar-refractivity contribution is 0.308. The maximum atomic E-state index is 5.53. The Balaban J connectivity index is 2.37. The molecule has 0 aliphatic heterocycles. The van der Waals surface area contributed by atoms with Crippen LogP contribution in [0.3, 0.4) is 0 Å². The smallest absolute Gasteiger partial charge is 0.0940 e. The molecule has 2 N–H and O–H groups in total. The second kappa shape index (κ2) is 6.11. The molecule has 0 atom stereocenters. The number of nitrogens with zero attached hydrogens (tertiary/aromatic N) is 2. The Hall–Kier alpha value is -0.450. The van der Waals surface area contributed by atoms with Crippen LogP contribution in [0.1, 0.15) is 23.7 Å². The molecular weight excluding hydrogens is 194 g/mol. The minimum Gasteiger partial charge on any atom is -0.326 e. The van der Waals surface area contributed by atoms with Crippen LogP contribution in [0.4, 0.5) is 0 Å². The van der Waals surface area contributed by atoms with Crippen LogP contribution < -0.4 is 5.73 Å². The average Bonchev–Trinajstić information content (AvgIpc) is 2.67. The van der Waals surface area contributed by atoms with E-state index in [1.54, 1.807) is 11.3 Å². The van der Waals surface area contributed by atoms with Gasteiger partial charge in [-0.15, -0.1) is 11.3 Å². The van der Waals surface area contributed by atoms with Crippen molar-refractivity contribution < 1.29 is 0 Å². The predicted molar refractivity (Wildman–Crippen MR) is 61.5 cm³/mol. The van der Waals surface area contributed by atoms with Gasteiger partial charge in [-0.2, -0.15) is 0 Å². The quantitative estimate of drug-likeness (QED) is 0.778. The van der Waals surface area contributed by atoms with E-state index in [4.69, 9.17) is 5.73 Å². The first-order valence-electron chi connectivity index (χ1n) is 5.16. The Labute approximate surface area is 89.9 Å². The van der Waals surface area contributed by atoms with E-state index in [1.807, 2.05) is 6.20 Å². The number of hydrogen-bond donors (Lipinski definition) is 1. The fourth-order valence-electron chi connectivity index (χ4n) is 1.35. The highest BCUT2D eigenvalue weighted by atomic mass is 32.1. The molecule has 0 aromatic carbocycles. The van der Waals surface area contributed by atoms with Crippen LogP contribution in [0.15, 0.2) is 6.20 Å². The van der Waals surface area contributed by atoms with E-state index in [-0.39, 0.29) is 0 Å². The molecule has 0 radical (unpaired) electrons. The van der Waals surface area contributed by atoms with Gasteiger partial charge >= 0.3 is 0 Å². The first kappa shape index (κ1) is 11.6. The fraction of sp³-hybridized carbons (Fsp3) is 0.700. The zero-order valence-corrected chi connectivity index (χ0v) is 9.81. The number of rotatable bonds is 6. The van der Waals surface area contributed by atoms with Crippen molar-refractivity contribution in [3.05, 3.63) is 16.1 Å². The first-order chi connectivity index (χ1) is 6.80. The van der Waals surface area contributed by atoms with E-state index >= 15 is 0 Å². The summed E-state index contributed by atoms with van der Waals surface area (Å²) < 4.78 is 0. The summed E-state index contributed by atoms with van der Waals surface area (Å²) in [5.74, 6) is 0. The van der Waals surface area contributed by atoms with Gasteiger partial charge in [-0.1, -0.05) is 13.8 Å². The van der Waals surface area contributed by atoms with Crippen molar-refractivity contribution in [2.45, 2.75) is 26.8 Å². The molecule has 14 heavy (non-hydrogen) atoms. The second-order valence-corrected chi connectivity index (χ2v) is 4.40. The molecule has 0 bridgehead atoms. The zero-order valence-electron chi connectivity index (χ0n) is 8.99. The van der Waals surface area contributed by atoms with E-state index in [0.717, 1.165) is 26.1 Å². The zero-order chi connectivity index (χ0) is 10.4. The fourth-order valence-corrected chi connectivity index (χ4v) is 2.14. The topological polar surface area (TPSA) is 42.2 Å². The van der Waals surface area contributed by atoms with E-state index in [0.29, 0.717) is 6.54 Å². The molecule has 0 saturated carbocycles. The van der Waals surface area contributed by atoms with Crippen LogP contribution in [-0.2, 0) is 13.0 Å². The lowest BCUT2D eigenvalue weighted by Crippen LogP contribution is -2.25. The molecule has 1 heterocycles. The highest BCUT2D eigenvalue weighted by molar-refractivity contribution is 7.11. The molecule has 1 aromatic heterocycles. The highest BCUT2D eigenvalue weighted by Gasteiger charge is 2.03. The monoisotopic (exact) mass is 213 g/mol. The number of thiazole rings is 1. The predicted octanol–water partition coefficient (Wildman–Crippen LogP) is 1.49. The second-order valence-electron chi connectivity index (χ2n) is 3.20. The number of likely N-dealkylation sites (N-methyl/N-ethyl adjacent to an activating group) is 1. The Kier molecular flexibility index (Phi) is 5.07. The van der Waals surface area contributed by atoms with Gasteiger partial charge in [-0.3, -0.25) is 0 Å². The number of hydrogen-bond acceptors (Lipinski definition) is 4. The molecule has 0 spiro atoms. The average molecular weight is 213 g/mol. The summed E-state index contributed by atoms with van der Waals surface area (Å²) in [7, 11) is 0. The number of nitrogens with two attached hydrogens (primary N) is 1. The Morgan fingerprint density at radius 2 is 2.14 bits per heavy atom. The van der Waals surface area contributed by atoms with Gasteiger partial charge in [-0.05, 0) is 13.1 Å². The van der Waals surface area contributed by atoms with Gasteiger partial charge in [0.25, 0.3) is 0 Å². The van der Waals surface area contributed by atoms with Crippen molar-refractivity contribution >= 4 is 11.3 Å².